The molecule has 0 aromatic heterocycles. The summed E-state index contributed by atoms with van der Waals surface area (Å²) >= 11 is 7.75. The third-order valence-corrected chi connectivity index (χ3v) is 3.62. The Hall–Kier alpha value is -1.50. The summed E-state index contributed by atoms with van der Waals surface area (Å²) in [5.74, 6) is -0.806. The first-order valence-electron chi connectivity index (χ1n) is 10.9. The third kappa shape index (κ3) is 32.8. The predicted molar refractivity (Wildman–Crippen MR) is 136 cm³/mol. The van der Waals surface area contributed by atoms with E-state index in [9.17, 15) is 19.2 Å². The van der Waals surface area contributed by atoms with Crippen LogP contribution in [0.3, 0.4) is 0 Å². The first kappa shape index (κ1) is 38.7. The number of hydrogen-bond donors (Lipinski definition) is 2. The smallest absolute Gasteiger partial charge is 0.303 e. The van der Waals surface area contributed by atoms with Gasteiger partial charge in [0.05, 0.1) is 0 Å². The van der Waals surface area contributed by atoms with Gasteiger partial charge >= 0.3 is 11.9 Å². The van der Waals surface area contributed by atoms with E-state index in [-0.39, 0.29) is 25.8 Å². The quantitative estimate of drug-likeness (QED) is 0.0743. The van der Waals surface area contributed by atoms with E-state index >= 15 is 0 Å². The summed E-state index contributed by atoms with van der Waals surface area (Å²) in [6.45, 7) is 14.8. The maximum Gasteiger partial charge on any atom is 0.303 e. The van der Waals surface area contributed by atoms with E-state index < -0.39 is 11.4 Å². The van der Waals surface area contributed by atoms with Crippen LogP contribution in [-0.4, -0.2) is 105 Å². The molecule has 0 aliphatic heterocycles. The van der Waals surface area contributed by atoms with Crippen LogP contribution in [0, 0.1) is 0 Å². The number of esters is 2. The summed E-state index contributed by atoms with van der Waals surface area (Å²) in [7, 11) is 0. The molecule has 0 bridgehead atoms. The second-order valence-electron chi connectivity index (χ2n) is 5.48. The Balaban J connectivity index is -0.000000642. The maximum atomic E-state index is 11.0. The molecule has 0 aliphatic rings. The number of nitrogens with zero attached hydrogens (tertiary/aromatic N) is 2. The van der Waals surface area contributed by atoms with Crippen LogP contribution in [-0.2, 0) is 38.1 Å². The first-order valence-corrected chi connectivity index (χ1v) is 12.3. The van der Waals surface area contributed by atoms with E-state index in [1.54, 1.807) is 6.26 Å². The molecule has 0 aliphatic carbocycles. The highest BCUT2D eigenvalue weighted by atomic mass is 32.1. The van der Waals surface area contributed by atoms with Crippen molar-refractivity contribution in [2.75, 3.05) is 65.3 Å². The van der Waals surface area contributed by atoms with Crippen molar-refractivity contribution in [1.82, 2.24) is 9.80 Å². The van der Waals surface area contributed by atoms with Crippen molar-refractivity contribution < 1.29 is 38.1 Å². The maximum absolute atomic E-state index is 11.0. The Morgan fingerprint density at radius 2 is 1.18 bits per heavy atom. The monoisotopic (exact) mass is 516 g/mol. The molecule has 0 spiro atoms. The number of ether oxygens (including phenoxy) is 4. The van der Waals surface area contributed by atoms with Crippen LogP contribution >= 0.6 is 25.3 Å². The lowest BCUT2D eigenvalue weighted by atomic mass is 10.4. The number of carbonyl (C=O) groups excluding carboxylic acids is 4. The van der Waals surface area contributed by atoms with Gasteiger partial charge < -0.3 is 18.9 Å². The van der Waals surface area contributed by atoms with E-state index in [1.807, 2.05) is 37.5 Å². The van der Waals surface area contributed by atoms with Crippen molar-refractivity contribution in [3.05, 3.63) is 0 Å². The van der Waals surface area contributed by atoms with Gasteiger partial charge in [-0.1, -0.05) is 27.7 Å². The van der Waals surface area contributed by atoms with Crippen LogP contribution in [0.1, 0.15) is 41.5 Å². The molecule has 1 atom stereocenters. The fourth-order valence-electron chi connectivity index (χ4n) is 2.14. The minimum Gasteiger partial charge on any atom is -0.467 e. The molecule has 0 radical (unpaired) electrons. The summed E-state index contributed by atoms with van der Waals surface area (Å²) in [6.07, 6.45) is 1.69. The second-order valence-corrected chi connectivity index (χ2v) is 6.06. The fourth-order valence-corrected chi connectivity index (χ4v) is 2.52. The van der Waals surface area contributed by atoms with Gasteiger partial charge in [-0.15, -0.1) is 12.6 Å². The fraction of sp³-hybridized carbons (Fsp3) is 0.810. The number of hydrogen-bond acceptors (Lipinski definition) is 12. The van der Waals surface area contributed by atoms with Gasteiger partial charge in [-0.25, -0.2) is 0 Å². The SMILES string of the molecule is CC.CC.CC(=O)OCCN(CCOC=O)CCN(CCOC=O)C[C@H](S)OC(C)=O.CS. The lowest BCUT2D eigenvalue weighted by molar-refractivity contribution is -0.143. The highest BCUT2D eigenvalue weighted by Gasteiger charge is 2.15. The van der Waals surface area contributed by atoms with Crippen molar-refractivity contribution in [3.8, 4) is 0 Å². The summed E-state index contributed by atoms with van der Waals surface area (Å²) in [5.41, 5.74) is -0.619. The van der Waals surface area contributed by atoms with Gasteiger partial charge in [0.15, 0.2) is 5.44 Å². The molecule has 0 amide bonds. The second kappa shape index (κ2) is 32.7. The van der Waals surface area contributed by atoms with E-state index in [0.29, 0.717) is 52.2 Å². The zero-order valence-electron chi connectivity index (χ0n) is 21.2. The molecule has 12 heteroatoms. The van der Waals surface area contributed by atoms with E-state index in [0.717, 1.165) is 0 Å². The minimum atomic E-state index is -0.619. The van der Waals surface area contributed by atoms with Crippen LogP contribution in [0.5, 0.6) is 0 Å². The van der Waals surface area contributed by atoms with Crippen LogP contribution in [0.4, 0.5) is 0 Å². The topological polar surface area (TPSA) is 112 Å². The Morgan fingerprint density at radius 3 is 1.61 bits per heavy atom. The van der Waals surface area contributed by atoms with Crippen LogP contribution in [0.15, 0.2) is 0 Å². The van der Waals surface area contributed by atoms with Gasteiger partial charge in [0.2, 0.25) is 0 Å². The normalized spacial score (nSPS) is 10.2. The molecule has 33 heavy (non-hydrogen) atoms. The van der Waals surface area contributed by atoms with Crippen LogP contribution in [0.25, 0.3) is 0 Å². The van der Waals surface area contributed by atoms with Crippen molar-refractivity contribution in [2.24, 2.45) is 0 Å². The highest BCUT2D eigenvalue weighted by Crippen LogP contribution is 2.03. The average molecular weight is 517 g/mol. The van der Waals surface area contributed by atoms with Crippen LogP contribution in [0.2, 0.25) is 0 Å². The first-order chi connectivity index (χ1) is 15.9. The predicted octanol–water partition coefficient (Wildman–Crippen LogP) is 1.92. The zero-order valence-corrected chi connectivity index (χ0v) is 22.9. The molecule has 0 saturated heterocycles. The molecule has 0 heterocycles. The molecule has 0 unspecified atom stereocenters. The standard InChI is InChI=1S/C16H28N2O8S.2C2H6.CH4S/c1-14(21)25-10-7-17(5-8-23-12-19)3-4-18(6-9-24-13-20)11-16(27)26-15(2)22;3*1-2/h12-13,16,27H,3-11H2,1-2H3;2*1-2H3;2H,1H3/t16-;;;/m0.../s1. The van der Waals surface area contributed by atoms with Crippen molar-refractivity contribution in [3.63, 3.8) is 0 Å². The molecule has 0 rings (SSSR count). The molecule has 0 fully saturated rings. The third-order valence-electron chi connectivity index (χ3n) is 3.35. The minimum absolute atomic E-state index is 0.186. The molecular weight excluding hydrogens is 472 g/mol. The van der Waals surface area contributed by atoms with Gasteiger partial charge in [0.25, 0.3) is 12.9 Å². The van der Waals surface area contributed by atoms with Crippen molar-refractivity contribution in [1.29, 1.82) is 0 Å². The molecule has 0 aromatic rings. The Kier molecular flexibility index (Phi) is 38.4. The Morgan fingerprint density at radius 1 is 0.758 bits per heavy atom. The Bertz CT molecular complexity index is 460. The van der Waals surface area contributed by atoms with Gasteiger partial charge in [-0.2, -0.15) is 12.6 Å². The number of carbonyl (C=O) groups is 4. The largest absolute Gasteiger partial charge is 0.467 e. The van der Waals surface area contributed by atoms with Gasteiger partial charge in [0.1, 0.15) is 19.8 Å². The van der Waals surface area contributed by atoms with Gasteiger partial charge in [-0.05, 0) is 6.26 Å². The highest BCUT2D eigenvalue weighted by molar-refractivity contribution is 7.80. The summed E-state index contributed by atoms with van der Waals surface area (Å²) in [6, 6.07) is 0. The van der Waals surface area contributed by atoms with Crippen molar-refractivity contribution in [2.45, 2.75) is 47.0 Å². The summed E-state index contributed by atoms with van der Waals surface area (Å²) in [4.78, 5) is 46.4. The van der Waals surface area contributed by atoms with E-state index in [4.69, 9.17) is 18.9 Å². The molecule has 0 aromatic carbocycles. The Labute approximate surface area is 210 Å². The average Bonchev–Trinajstić information content (AvgIpc) is 2.80. The molecule has 0 saturated carbocycles. The zero-order chi connectivity index (χ0) is 26.5. The number of thiol groups is 2. The molecule has 10 nitrogen and oxygen atoms in total. The van der Waals surface area contributed by atoms with Crippen molar-refractivity contribution >= 4 is 50.1 Å². The van der Waals surface area contributed by atoms with Gasteiger partial charge in [0, 0.05) is 53.1 Å². The van der Waals surface area contributed by atoms with E-state index in [1.165, 1.54) is 13.8 Å². The lowest BCUT2D eigenvalue weighted by Crippen LogP contribution is -2.42. The van der Waals surface area contributed by atoms with E-state index in [2.05, 4.69) is 25.3 Å². The van der Waals surface area contributed by atoms with Gasteiger partial charge in [-0.3, -0.25) is 29.0 Å². The molecule has 0 N–H and O–H groups in total. The molecular formula is C21H44N2O8S2. The summed E-state index contributed by atoms with van der Waals surface area (Å²) < 4.78 is 19.4. The number of rotatable bonds is 17. The van der Waals surface area contributed by atoms with Crippen LogP contribution < -0.4 is 0 Å². The molecule has 198 valence electrons. The summed E-state index contributed by atoms with van der Waals surface area (Å²) in [5, 5.41) is 0. The lowest BCUT2D eigenvalue weighted by Gasteiger charge is -2.28.